The number of aromatic nitrogens is 2. The largest absolute Gasteiger partial charge is 0.486 e. The fourth-order valence-electron chi connectivity index (χ4n) is 3.87. The summed E-state index contributed by atoms with van der Waals surface area (Å²) in [7, 11) is 1.78. The molecule has 0 fully saturated rings. The summed E-state index contributed by atoms with van der Waals surface area (Å²) in [6, 6.07) is 13.5. The monoisotopic (exact) mass is 409 g/mol. The Labute approximate surface area is 175 Å². The summed E-state index contributed by atoms with van der Waals surface area (Å²) in [4.78, 5) is 27.3. The number of hydrogen-bond donors (Lipinski definition) is 0. The SMILES string of the molecule is CCCn1c(=O)n(CCC(=O)N(C)Cc2ccc3c(c2)OCCO3)c2ccccc21. The third kappa shape index (κ3) is 3.92. The van der Waals surface area contributed by atoms with Crippen LogP contribution in [-0.4, -0.2) is 40.2 Å². The highest BCUT2D eigenvalue weighted by Crippen LogP contribution is 2.31. The molecule has 0 N–H and O–H groups in total. The zero-order chi connectivity index (χ0) is 21.1. The van der Waals surface area contributed by atoms with Gasteiger partial charge >= 0.3 is 5.69 Å². The molecule has 4 rings (SSSR count). The molecule has 2 aromatic carbocycles. The third-order valence-electron chi connectivity index (χ3n) is 5.37. The molecular weight excluding hydrogens is 382 g/mol. The molecule has 0 bridgehead atoms. The van der Waals surface area contributed by atoms with E-state index in [2.05, 4.69) is 6.92 Å². The maximum atomic E-state index is 12.9. The van der Waals surface area contributed by atoms with Crippen LogP contribution in [0.15, 0.2) is 47.3 Å². The average molecular weight is 409 g/mol. The van der Waals surface area contributed by atoms with Gasteiger partial charge in [0.25, 0.3) is 0 Å². The summed E-state index contributed by atoms with van der Waals surface area (Å²) in [5.41, 5.74) is 2.71. The van der Waals surface area contributed by atoms with Crippen LogP contribution in [0.3, 0.4) is 0 Å². The molecule has 158 valence electrons. The van der Waals surface area contributed by atoms with E-state index < -0.39 is 0 Å². The molecule has 1 aliphatic rings. The molecule has 0 saturated heterocycles. The van der Waals surface area contributed by atoms with Gasteiger partial charge in [-0.3, -0.25) is 13.9 Å². The summed E-state index contributed by atoms with van der Waals surface area (Å²) in [5.74, 6) is 1.45. The summed E-state index contributed by atoms with van der Waals surface area (Å²) in [5, 5.41) is 0. The van der Waals surface area contributed by atoms with Crippen molar-refractivity contribution >= 4 is 16.9 Å². The van der Waals surface area contributed by atoms with E-state index in [9.17, 15) is 9.59 Å². The van der Waals surface area contributed by atoms with Gasteiger partial charge in [-0.05, 0) is 36.2 Å². The lowest BCUT2D eigenvalue weighted by molar-refractivity contribution is -0.130. The van der Waals surface area contributed by atoms with Crippen molar-refractivity contribution in [3.05, 3.63) is 58.5 Å². The second kappa shape index (κ2) is 8.65. The van der Waals surface area contributed by atoms with Crippen LogP contribution in [0, 0.1) is 0 Å². The van der Waals surface area contributed by atoms with Crippen LogP contribution < -0.4 is 15.2 Å². The third-order valence-corrected chi connectivity index (χ3v) is 5.37. The number of nitrogens with zero attached hydrogens (tertiary/aromatic N) is 3. The van der Waals surface area contributed by atoms with E-state index in [0.29, 0.717) is 32.8 Å². The molecule has 1 aliphatic heterocycles. The molecule has 30 heavy (non-hydrogen) atoms. The van der Waals surface area contributed by atoms with Crippen LogP contribution in [-0.2, 0) is 24.4 Å². The molecule has 7 nitrogen and oxygen atoms in total. The van der Waals surface area contributed by atoms with Gasteiger partial charge in [-0.2, -0.15) is 0 Å². The number of aryl methyl sites for hydroxylation is 2. The number of benzene rings is 2. The molecular formula is C23H27N3O4. The van der Waals surface area contributed by atoms with Crippen molar-refractivity contribution in [1.82, 2.24) is 14.0 Å². The lowest BCUT2D eigenvalue weighted by atomic mass is 10.2. The Morgan fingerprint density at radius 2 is 1.67 bits per heavy atom. The van der Waals surface area contributed by atoms with Crippen molar-refractivity contribution in [3.63, 3.8) is 0 Å². The predicted octanol–water partition coefficient (Wildman–Crippen LogP) is 3.03. The van der Waals surface area contributed by atoms with E-state index in [0.717, 1.165) is 34.5 Å². The maximum Gasteiger partial charge on any atom is 0.329 e. The minimum atomic E-state index is -0.0552. The van der Waals surface area contributed by atoms with Gasteiger partial charge in [-0.25, -0.2) is 4.79 Å². The normalized spacial score (nSPS) is 12.9. The first-order chi connectivity index (χ1) is 14.6. The van der Waals surface area contributed by atoms with Crippen molar-refractivity contribution in [2.75, 3.05) is 20.3 Å². The standard InChI is InChI=1S/C23H27N3O4/c1-3-11-25-18-6-4-5-7-19(18)26(23(25)28)12-10-22(27)24(2)16-17-8-9-20-21(15-17)30-14-13-29-20/h4-9,15H,3,10-14,16H2,1-2H3. The second-order valence-electron chi connectivity index (χ2n) is 7.55. The van der Waals surface area contributed by atoms with E-state index in [-0.39, 0.29) is 18.0 Å². The van der Waals surface area contributed by atoms with Crippen LogP contribution in [0.5, 0.6) is 11.5 Å². The number of imidazole rings is 1. The molecule has 0 aliphatic carbocycles. The molecule has 0 atom stereocenters. The van der Waals surface area contributed by atoms with Crippen molar-refractivity contribution in [1.29, 1.82) is 0 Å². The molecule has 0 unspecified atom stereocenters. The van der Waals surface area contributed by atoms with Crippen LogP contribution >= 0.6 is 0 Å². The predicted molar refractivity (Wildman–Crippen MR) is 115 cm³/mol. The number of carbonyl (C=O) groups excluding carboxylic acids is 1. The zero-order valence-corrected chi connectivity index (χ0v) is 17.5. The summed E-state index contributed by atoms with van der Waals surface area (Å²) in [6.07, 6.45) is 1.15. The Hall–Kier alpha value is -3.22. The quantitative estimate of drug-likeness (QED) is 0.602. The minimum Gasteiger partial charge on any atom is -0.486 e. The number of rotatable bonds is 7. The molecule has 7 heteroatoms. The minimum absolute atomic E-state index is 0.0101. The van der Waals surface area contributed by atoms with Crippen LogP contribution in [0.25, 0.3) is 11.0 Å². The highest BCUT2D eigenvalue weighted by molar-refractivity contribution is 5.78. The van der Waals surface area contributed by atoms with E-state index >= 15 is 0 Å². The molecule has 2 heterocycles. The number of fused-ring (bicyclic) bond motifs is 2. The van der Waals surface area contributed by atoms with Crippen LogP contribution in [0.4, 0.5) is 0 Å². The average Bonchev–Trinajstić information content (AvgIpc) is 3.03. The Bertz CT molecular complexity index is 1120. The number of carbonyl (C=O) groups is 1. The number of amides is 1. The number of para-hydroxylation sites is 2. The smallest absolute Gasteiger partial charge is 0.329 e. The molecule has 1 aromatic heterocycles. The van der Waals surface area contributed by atoms with Crippen molar-refractivity contribution < 1.29 is 14.3 Å². The van der Waals surface area contributed by atoms with Gasteiger partial charge in [0, 0.05) is 33.1 Å². The summed E-state index contributed by atoms with van der Waals surface area (Å²) < 4.78 is 14.7. The van der Waals surface area contributed by atoms with Gasteiger partial charge in [-0.15, -0.1) is 0 Å². The van der Waals surface area contributed by atoms with Crippen molar-refractivity contribution in [2.24, 2.45) is 0 Å². The Balaban J connectivity index is 1.45. The topological polar surface area (TPSA) is 65.7 Å². The molecule has 3 aromatic rings. The Morgan fingerprint density at radius 3 is 2.37 bits per heavy atom. The van der Waals surface area contributed by atoms with Gasteiger partial charge in [-0.1, -0.05) is 25.1 Å². The fourth-order valence-corrected chi connectivity index (χ4v) is 3.87. The number of ether oxygens (including phenoxy) is 2. The molecule has 0 saturated carbocycles. The summed E-state index contributed by atoms with van der Waals surface area (Å²) >= 11 is 0. The first kappa shape index (κ1) is 20.1. The van der Waals surface area contributed by atoms with E-state index in [1.54, 1.807) is 21.1 Å². The highest BCUT2D eigenvalue weighted by Gasteiger charge is 2.17. The molecule has 0 radical (unpaired) electrons. The number of hydrogen-bond acceptors (Lipinski definition) is 4. The van der Waals surface area contributed by atoms with Crippen LogP contribution in [0.2, 0.25) is 0 Å². The summed E-state index contributed by atoms with van der Waals surface area (Å²) in [6.45, 7) is 4.64. The van der Waals surface area contributed by atoms with E-state index in [1.165, 1.54) is 0 Å². The first-order valence-corrected chi connectivity index (χ1v) is 10.4. The van der Waals surface area contributed by atoms with Gasteiger partial charge in [0.1, 0.15) is 13.2 Å². The fraction of sp³-hybridized carbons (Fsp3) is 0.391. The van der Waals surface area contributed by atoms with Crippen LogP contribution in [0.1, 0.15) is 25.3 Å². The van der Waals surface area contributed by atoms with Gasteiger partial charge in [0.05, 0.1) is 11.0 Å². The molecule has 1 amide bonds. The Morgan fingerprint density at radius 1 is 1.00 bits per heavy atom. The Kier molecular flexibility index (Phi) is 5.79. The van der Waals surface area contributed by atoms with Crippen molar-refractivity contribution in [2.45, 2.75) is 39.4 Å². The van der Waals surface area contributed by atoms with Gasteiger partial charge in [0.15, 0.2) is 11.5 Å². The second-order valence-corrected chi connectivity index (χ2v) is 7.55. The molecule has 0 spiro atoms. The first-order valence-electron chi connectivity index (χ1n) is 10.4. The van der Waals surface area contributed by atoms with Crippen molar-refractivity contribution in [3.8, 4) is 11.5 Å². The van der Waals surface area contributed by atoms with Gasteiger partial charge < -0.3 is 14.4 Å². The lowest BCUT2D eigenvalue weighted by Crippen LogP contribution is -2.30. The lowest BCUT2D eigenvalue weighted by Gasteiger charge is -2.21. The zero-order valence-electron chi connectivity index (χ0n) is 17.5. The maximum absolute atomic E-state index is 12.9. The van der Waals surface area contributed by atoms with E-state index in [4.69, 9.17) is 9.47 Å². The highest BCUT2D eigenvalue weighted by atomic mass is 16.6. The van der Waals surface area contributed by atoms with E-state index in [1.807, 2.05) is 42.5 Å². The van der Waals surface area contributed by atoms with Gasteiger partial charge in [0.2, 0.25) is 5.91 Å².